The lowest BCUT2D eigenvalue weighted by molar-refractivity contribution is -0.141. The Hall–Kier alpha value is -1.90. The lowest BCUT2D eigenvalue weighted by atomic mass is 9.76. The monoisotopic (exact) mass is 464 g/mol. The second-order valence-corrected chi connectivity index (χ2v) is 8.07. The molecule has 162 valence electrons. The van der Waals surface area contributed by atoms with Crippen LogP contribution in [0.15, 0.2) is 36.5 Å². The molecule has 2 aromatic rings. The molecule has 0 unspecified atom stereocenters. The molecular formula is C20H18Cl2F4N2O2. The molecule has 0 aliphatic heterocycles. The number of hydrogen-bond acceptors (Lipinski definition) is 3. The summed E-state index contributed by atoms with van der Waals surface area (Å²) in [4.78, 5) is 16.1. The fourth-order valence-electron chi connectivity index (χ4n) is 3.61. The summed E-state index contributed by atoms with van der Waals surface area (Å²) in [6, 6.07) is 6.39. The first-order valence-corrected chi connectivity index (χ1v) is 9.91. The van der Waals surface area contributed by atoms with Crippen LogP contribution < -0.4 is 5.32 Å². The number of rotatable bonds is 4. The Kier molecular flexibility index (Phi) is 6.60. The van der Waals surface area contributed by atoms with Crippen LogP contribution in [0.1, 0.15) is 53.3 Å². The van der Waals surface area contributed by atoms with Crippen molar-refractivity contribution >= 4 is 29.1 Å². The molecule has 1 aromatic carbocycles. The second kappa shape index (κ2) is 8.69. The largest absolute Gasteiger partial charge is 0.434 e. The number of halogens is 6. The Labute approximate surface area is 180 Å². The number of amides is 1. The van der Waals surface area contributed by atoms with E-state index < -0.39 is 46.2 Å². The first-order chi connectivity index (χ1) is 14.0. The number of alkyl halides is 4. The van der Waals surface area contributed by atoms with Gasteiger partial charge in [0.25, 0.3) is 5.91 Å². The first kappa shape index (κ1) is 22.8. The number of hydrogen-bond donors (Lipinski definition) is 2. The molecule has 10 heteroatoms. The van der Waals surface area contributed by atoms with E-state index in [-0.39, 0.29) is 25.7 Å². The van der Waals surface area contributed by atoms with Crippen molar-refractivity contribution in [3.8, 4) is 0 Å². The van der Waals surface area contributed by atoms with Crippen molar-refractivity contribution in [2.24, 2.45) is 0 Å². The van der Waals surface area contributed by atoms with E-state index in [0.29, 0.717) is 10.6 Å². The van der Waals surface area contributed by atoms with E-state index in [1.807, 2.05) is 0 Å². The van der Waals surface area contributed by atoms with Gasteiger partial charge in [0.15, 0.2) is 5.69 Å². The standard InChI is InChI=1S/C20H18Cl2F4N2O2/c21-12-3-1-2-11(10-12)16(19(30)7-4-13(23)5-8-19)28-18(29)14-6-9-27-17(15(14)22)20(24,25)26/h1-3,6,9-10,13,16,30H,4-5,7-8H2,(H,28,29)/t13?,16-,19?/m0/s1. The van der Waals surface area contributed by atoms with Crippen molar-refractivity contribution in [1.29, 1.82) is 0 Å². The Balaban J connectivity index is 1.97. The second-order valence-electron chi connectivity index (χ2n) is 7.26. The van der Waals surface area contributed by atoms with Crippen LogP contribution in [0.4, 0.5) is 17.6 Å². The molecule has 1 atom stereocenters. The Bertz CT molecular complexity index is 931. The van der Waals surface area contributed by atoms with Gasteiger partial charge in [-0.1, -0.05) is 35.3 Å². The van der Waals surface area contributed by atoms with Gasteiger partial charge in [-0.25, -0.2) is 4.39 Å². The molecule has 1 heterocycles. The van der Waals surface area contributed by atoms with Gasteiger partial charge in [-0.2, -0.15) is 13.2 Å². The molecule has 0 radical (unpaired) electrons. The van der Waals surface area contributed by atoms with E-state index >= 15 is 0 Å². The number of aliphatic hydroxyl groups is 1. The number of carbonyl (C=O) groups excluding carboxylic acids is 1. The van der Waals surface area contributed by atoms with Crippen molar-refractivity contribution in [2.75, 3.05) is 0 Å². The highest BCUT2D eigenvalue weighted by molar-refractivity contribution is 6.34. The molecule has 0 saturated heterocycles. The quantitative estimate of drug-likeness (QED) is 0.585. The zero-order chi connectivity index (χ0) is 22.1. The summed E-state index contributed by atoms with van der Waals surface area (Å²) in [6.45, 7) is 0. The van der Waals surface area contributed by atoms with Gasteiger partial charge in [-0.05, 0) is 49.4 Å². The van der Waals surface area contributed by atoms with Crippen LogP contribution in [0.5, 0.6) is 0 Å². The molecule has 4 nitrogen and oxygen atoms in total. The number of aromatic nitrogens is 1. The van der Waals surface area contributed by atoms with Gasteiger partial charge in [0.1, 0.15) is 6.17 Å². The lowest BCUT2D eigenvalue weighted by Crippen LogP contribution is -2.48. The van der Waals surface area contributed by atoms with Gasteiger partial charge in [-0.3, -0.25) is 9.78 Å². The van der Waals surface area contributed by atoms with Crippen molar-refractivity contribution in [2.45, 2.75) is 49.7 Å². The average Bonchev–Trinajstić information content (AvgIpc) is 2.67. The molecule has 1 aliphatic rings. The SMILES string of the molecule is O=C(N[C@@H](c1cccc(Cl)c1)C1(O)CCC(F)CC1)c1ccnc(C(F)(F)F)c1Cl. The fourth-order valence-corrected chi connectivity index (χ4v) is 4.11. The maximum atomic E-state index is 13.6. The smallest absolute Gasteiger partial charge is 0.387 e. The van der Waals surface area contributed by atoms with Crippen LogP contribution >= 0.6 is 23.2 Å². The van der Waals surface area contributed by atoms with Crippen molar-refractivity contribution in [3.05, 3.63) is 63.4 Å². The van der Waals surface area contributed by atoms with E-state index in [1.165, 1.54) is 6.07 Å². The number of nitrogens with zero attached hydrogens (tertiary/aromatic N) is 1. The highest BCUT2D eigenvalue weighted by atomic mass is 35.5. The minimum atomic E-state index is -4.84. The number of pyridine rings is 1. The van der Waals surface area contributed by atoms with Crippen molar-refractivity contribution in [3.63, 3.8) is 0 Å². The minimum Gasteiger partial charge on any atom is -0.387 e. The molecular weight excluding hydrogens is 447 g/mol. The molecule has 1 saturated carbocycles. The normalized spacial score (nSPS) is 23.1. The summed E-state index contributed by atoms with van der Waals surface area (Å²) >= 11 is 11.8. The maximum absolute atomic E-state index is 13.6. The molecule has 2 N–H and O–H groups in total. The number of carbonyl (C=O) groups is 1. The fraction of sp³-hybridized carbons (Fsp3) is 0.400. The molecule has 0 spiro atoms. The van der Waals surface area contributed by atoms with E-state index in [1.54, 1.807) is 18.2 Å². The minimum absolute atomic E-state index is 0.0590. The predicted octanol–water partition coefficient (Wildman–Crippen LogP) is 5.52. The van der Waals surface area contributed by atoms with Gasteiger partial charge < -0.3 is 10.4 Å². The van der Waals surface area contributed by atoms with Gasteiger partial charge in [0.05, 0.1) is 22.2 Å². The van der Waals surface area contributed by atoms with Crippen LogP contribution in [0.2, 0.25) is 10.0 Å². The summed E-state index contributed by atoms with van der Waals surface area (Å²) in [7, 11) is 0. The predicted molar refractivity (Wildman–Crippen MR) is 104 cm³/mol. The van der Waals surface area contributed by atoms with E-state index in [2.05, 4.69) is 10.3 Å². The van der Waals surface area contributed by atoms with E-state index in [0.717, 1.165) is 12.3 Å². The number of benzene rings is 1. The Morgan fingerprint density at radius 1 is 1.23 bits per heavy atom. The summed E-state index contributed by atoms with van der Waals surface area (Å²) < 4.78 is 52.9. The molecule has 0 bridgehead atoms. The summed E-state index contributed by atoms with van der Waals surface area (Å²) in [6.07, 6.45) is -4.76. The summed E-state index contributed by atoms with van der Waals surface area (Å²) in [5.74, 6) is -0.923. The van der Waals surface area contributed by atoms with E-state index in [4.69, 9.17) is 23.2 Å². The third kappa shape index (κ3) is 4.87. The number of nitrogens with one attached hydrogen (secondary N) is 1. The van der Waals surface area contributed by atoms with Gasteiger partial charge in [0.2, 0.25) is 0 Å². The van der Waals surface area contributed by atoms with Gasteiger partial charge in [-0.15, -0.1) is 0 Å². The Morgan fingerprint density at radius 3 is 2.50 bits per heavy atom. The summed E-state index contributed by atoms with van der Waals surface area (Å²) in [5.41, 5.74) is -2.88. The third-order valence-corrected chi connectivity index (χ3v) is 5.80. The molecule has 30 heavy (non-hydrogen) atoms. The van der Waals surface area contributed by atoms with Crippen molar-refractivity contribution in [1.82, 2.24) is 10.3 Å². The van der Waals surface area contributed by atoms with Gasteiger partial charge in [0, 0.05) is 11.2 Å². The van der Waals surface area contributed by atoms with Crippen LogP contribution in [-0.2, 0) is 6.18 Å². The average molecular weight is 465 g/mol. The first-order valence-electron chi connectivity index (χ1n) is 9.16. The van der Waals surface area contributed by atoms with Crippen LogP contribution in [0.3, 0.4) is 0 Å². The van der Waals surface area contributed by atoms with Gasteiger partial charge >= 0.3 is 6.18 Å². The zero-order valence-corrected chi connectivity index (χ0v) is 17.0. The maximum Gasteiger partial charge on any atom is 0.434 e. The van der Waals surface area contributed by atoms with Crippen LogP contribution in [0.25, 0.3) is 0 Å². The molecule has 3 rings (SSSR count). The molecule has 1 aromatic heterocycles. The zero-order valence-electron chi connectivity index (χ0n) is 15.5. The van der Waals surface area contributed by atoms with Crippen LogP contribution in [-0.4, -0.2) is 27.8 Å². The lowest BCUT2D eigenvalue weighted by Gasteiger charge is -2.40. The molecule has 1 fully saturated rings. The van der Waals surface area contributed by atoms with Crippen LogP contribution in [0, 0.1) is 0 Å². The Morgan fingerprint density at radius 2 is 1.90 bits per heavy atom. The highest BCUT2D eigenvalue weighted by Gasteiger charge is 2.43. The third-order valence-electron chi connectivity index (χ3n) is 5.18. The van der Waals surface area contributed by atoms with Crippen molar-refractivity contribution < 1.29 is 27.5 Å². The topological polar surface area (TPSA) is 62.2 Å². The van der Waals surface area contributed by atoms with E-state index in [9.17, 15) is 27.5 Å². The highest BCUT2D eigenvalue weighted by Crippen LogP contribution is 2.40. The molecule has 1 amide bonds. The molecule has 1 aliphatic carbocycles. The summed E-state index contributed by atoms with van der Waals surface area (Å²) in [5, 5.41) is 13.3.